The fourth-order valence-electron chi connectivity index (χ4n) is 2.47. The van der Waals surface area contributed by atoms with Gasteiger partial charge in [0.25, 0.3) is 0 Å². The van der Waals surface area contributed by atoms with Gasteiger partial charge in [0.2, 0.25) is 5.91 Å². The summed E-state index contributed by atoms with van der Waals surface area (Å²) in [5.41, 5.74) is 2.19. The second-order valence-corrected chi connectivity index (χ2v) is 6.56. The lowest BCUT2D eigenvalue weighted by Crippen LogP contribution is -2.39. The Hall–Kier alpha value is -2.73. The molecule has 0 spiro atoms. The molecule has 0 bridgehead atoms. The molecule has 0 unspecified atom stereocenters. The van der Waals surface area contributed by atoms with Crippen LogP contribution in [0.4, 0.5) is 0 Å². The van der Waals surface area contributed by atoms with E-state index in [1.807, 2.05) is 55.5 Å². The first-order chi connectivity index (χ1) is 13.6. The van der Waals surface area contributed by atoms with Gasteiger partial charge in [-0.05, 0) is 48.7 Å². The molecule has 7 heteroatoms. The van der Waals surface area contributed by atoms with E-state index in [4.69, 9.17) is 16.3 Å². The zero-order chi connectivity index (χ0) is 20.2. The third kappa shape index (κ3) is 7.88. The maximum atomic E-state index is 12.1. The number of hydrogen-bond donors (Lipinski definition) is 3. The second kappa shape index (κ2) is 11.9. The number of rotatable bonds is 9. The first-order valence-corrected chi connectivity index (χ1v) is 9.64. The zero-order valence-corrected chi connectivity index (χ0v) is 17.1. The van der Waals surface area contributed by atoms with Gasteiger partial charge in [-0.1, -0.05) is 35.9 Å². The zero-order valence-electron chi connectivity index (χ0n) is 16.3. The third-order valence-electron chi connectivity index (χ3n) is 3.99. The van der Waals surface area contributed by atoms with Crippen LogP contribution in [-0.4, -0.2) is 38.6 Å². The van der Waals surface area contributed by atoms with Crippen LogP contribution < -0.4 is 20.7 Å². The van der Waals surface area contributed by atoms with Crippen LogP contribution >= 0.6 is 11.6 Å². The van der Waals surface area contributed by atoms with Crippen LogP contribution in [0.3, 0.4) is 0 Å². The summed E-state index contributed by atoms with van der Waals surface area (Å²) >= 11 is 5.90. The average molecular weight is 403 g/mol. The fourth-order valence-corrected chi connectivity index (χ4v) is 2.59. The Morgan fingerprint density at radius 1 is 1.00 bits per heavy atom. The van der Waals surface area contributed by atoms with E-state index in [1.165, 1.54) is 5.56 Å². The summed E-state index contributed by atoms with van der Waals surface area (Å²) in [4.78, 5) is 16.4. The molecule has 0 saturated carbocycles. The molecule has 150 valence electrons. The molecule has 6 nitrogen and oxygen atoms in total. The van der Waals surface area contributed by atoms with E-state index in [0.717, 1.165) is 29.3 Å². The van der Waals surface area contributed by atoms with Gasteiger partial charge in [0.05, 0.1) is 7.11 Å². The van der Waals surface area contributed by atoms with Crippen molar-refractivity contribution < 1.29 is 9.53 Å². The number of nitrogens with zero attached hydrogens (tertiary/aromatic N) is 1. The standard InChI is InChI=1S/C21H27ClN4O2/c1-3-23-21(24-13-12-16-4-8-18(22)9-5-16)26-15-20(27)25-14-17-6-10-19(28-2)11-7-17/h4-11H,3,12-15H2,1-2H3,(H,25,27)(H2,23,24,26). The van der Waals surface area contributed by atoms with Gasteiger partial charge in [-0.2, -0.15) is 0 Å². The summed E-state index contributed by atoms with van der Waals surface area (Å²) in [6, 6.07) is 15.3. The van der Waals surface area contributed by atoms with Crippen molar-refractivity contribution in [2.75, 3.05) is 26.7 Å². The molecular weight excluding hydrogens is 376 g/mol. The minimum Gasteiger partial charge on any atom is -0.497 e. The lowest BCUT2D eigenvalue weighted by molar-refractivity contribution is -0.119. The number of carbonyl (C=O) groups excluding carboxylic acids is 1. The number of guanidine groups is 1. The van der Waals surface area contributed by atoms with Crippen molar-refractivity contribution in [3.63, 3.8) is 0 Å². The van der Waals surface area contributed by atoms with E-state index < -0.39 is 0 Å². The van der Waals surface area contributed by atoms with Gasteiger partial charge in [0.1, 0.15) is 12.3 Å². The minimum atomic E-state index is -0.134. The van der Waals surface area contributed by atoms with Crippen molar-refractivity contribution in [2.45, 2.75) is 19.9 Å². The largest absolute Gasteiger partial charge is 0.497 e. The SMILES string of the molecule is CCNC(=NCC(=O)NCc1ccc(OC)cc1)NCCc1ccc(Cl)cc1. The van der Waals surface area contributed by atoms with E-state index in [9.17, 15) is 4.79 Å². The second-order valence-electron chi connectivity index (χ2n) is 6.12. The molecule has 1 amide bonds. The number of methoxy groups -OCH3 is 1. The van der Waals surface area contributed by atoms with Crippen molar-refractivity contribution in [3.05, 3.63) is 64.7 Å². The Bertz CT molecular complexity index is 761. The lowest BCUT2D eigenvalue weighted by Gasteiger charge is -2.11. The normalized spacial score (nSPS) is 11.0. The maximum Gasteiger partial charge on any atom is 0.242 e. The molecule has 0 aliphatic heterocycles. The molecule has 0 aliphatic carbocycles. The predicted molar refractivity (Wildman–Crippen MR) is 114 cm³/mol. The Kier molecular flexibility index (Phi) is 9.15. The van der Waals surface area contributed by atoms with Crippen molar-refractivity contribution in [1.29, 1.82) is 0 Å². The van der Waals surface area contributed by atoms with E-state index >= 15 is 0 Å². The molecule has 0 aliphatic rings. The third-order valence-corrected chi connectivity index (χ3v) is 4.25. The topological polar surface area (TPSA) is 74.8 Å². The van der Waals surface area contributed by atoms with Crippen LogP contribution in [0.15, 0.2) is 53.5 Å². The number of amides is 1. The highest BCUT2D eigenvalue weighted by molar-refractivity contribution is 6.30. The summed E-state index contributed by atoms with van der Waals surface area (Å²) < 4.78 is 5.12. The van der Waals surface area contributed by atoms with Crippen LogP contribution in [0.2, 0.25) is 5.02 Å². The van der Waals surface area contributed by atoms with E-state index in [0.29, 0.717) is 19.0 Å². The fraction of sp³-hybridized carbons (Fsp3) is 0.333. The van der Waals surface area contributed by atoms with Gasteiger partial charge in [0, 0.05) is 24.7 Å². The molecule has 0 heterocycles. The number of benzene rings is 2. The Balaban J connectivity index is 1.76. The molecule has 2 aromatic carbocycles. The van der Waals surface area contributed by atoms with E-state index in [2.05, 4.69) is 20.9 Å². The van der Waals surface area contributed by atoms with Crippen LogP contribution in [-0.2, 0) is 17.8 Å². The Morgan fingerprint density at radius 3 is 2.32 bits per heavy atom. The Morgan fingerprint density at radius 2 is 1.68 bits per heavy atom. The van der Waals surface area contributed by atoms with Gasteiger partial charge in [-0.25, -0.2) is 4.99 Å². The summed E-state index contributed by atoms with van der Waals surface area (Å²) in [5.74, 6) is 1.28. The molecule has 28 heavy (non-hydrogen) atoms. The number of carbonyl (C=O) groups is 1. The highest BCUT2D eigenvalue weighted by atomic mass is 35.5. The molecule has 0 saturated heterocycles. The van der Waals surface area contributed by atoms with Gasteiger partial charge < -0.3 is 20.7 Å². The Labute approximate surface area is 171 Å². The number of halogens is 1. The maximum absolute atomic E-state index is 12.1. The number of nitrogens with one attached hydrogen (secondary N) is 3. The molecule has 0 fully saturated rings. The highest BCUT2D eigenvalue weighted by Gasteiger charge is 2.03. The molecule has 2 rings (SSSR count). The summed E-state index contributed by atoms with van der Waals surface area (Å²) in [6.45, 7) is 3.94. The smallest absolute Gasteiger partial charge is 0.242 e. The lowest BCUT2D eigenvalue weighted by atomic mass is 10.1. The summed E-state index contributed by atoms with van der Waals surface area (Å²) in [6.07, 6.45) is 0.839. The van der Waals surface area contributed by atoms with Crippen molar-refractivity contribution in [3.8, 4) is 5.75 Å². The molecule has 0 aromatic heterocycles. The number of aliphatic imine (C=N–C) groups is 1. The van der Waals surface area contributed by atoms with Gasteiger partial charge in [0.15, 0.2) is 5.96 Å². The summed E-state index contributed by atoms with van der Waals surface area (Å²) in [5, 5.41) is 9.98. The van der Waals surface area contributed by atoms with Gasteiger partial charge in [-0.15, -0.1) is 0 Å². The van der Waals surface area contributed by atoms with Crippen LogP contribution in [0.5, 0.6) is 5.75 Å². The van der Waals surface area contributed by atoms with Crippen LogP contribution in [0.25, 0.3) is 0 Å². The van der Waals surface area contributed by atoms with Crippen LogP contribution in [0.1, 0.15) is 18.1 Å². The van der Waals surface area contributed by atoms with Crippen molar-refractivity contribution in [2.24, 2.45) is 4.99 Å². The van der Waals surface area contributed by atoms with E-state index in [-0.39, 0.29) is 12.5 Å². The first kappa shape index (κ1) is 21.6. The monoisotopic (exact) mass is 402 g/mol. The van der Waals surface area contributed by atoms with Crippen LogP contribution in [0, 0.1) is 0 Å². The predicted octanol–water partition coefficient (Wildman–Crippen LogP) is 2.76. The first-order valence-electron chi connectivity index (χ1n) is 9.27. The highest BCUT2D eigenvalue weighted by Crippen LogP contribution is 2.11. The van der Waals surface area contributed by atoms with Crippen molar-refractivity contribution >= 4 is 23.5 Å². The molecule has 0 atom stereocenters. The molecule has 3 N–H and O–H groups in total. The van der Waals surface area contributed by atoms with Gasteiger partial charge >= 0.3 is 0 Å². The molecule has 0 radical (unpaired) electrons. The average Bonchev–Trinajstić information content (AvgIpc) is 2.72. The molecular formula is C21H27ClN4O2. The number of hydrogen-bond acceptors (Lipinski definition) is 3. The number of ether oxygens (including phenoxy) is 1. The van der Waals surface area contributed by atoms with Crippen molar-refractivity contribution in [1.82, 2.24) is 16.0 Å². The molecule has 2 aromatic rings. The quantitative estimate of drug-likeness (QED) is 0.445. The van der Waals surface area contributed by atoms with E-state index in [1.54, 1.807) is 7.11 Å². The minimum absolute atomic E-state index is 0.0619. The summed E-state index contributed by atoms with van der Waals surface area (Å²) in [7, 11) is 1.63. The van der Waals surface area contributed by atoms with Gasteiger partial charge in [-0.3, -0.25) is 4.79 Å².